The molecule has 26 heavy (non-hydrogen) atoms. The lowest BCUT2D eigenvalue weighted by molar-refractivity contribution is 0.0690. The highest BCUT2D eigenvalue weighted by molar-refractivity contribution is 5.97. The van der Waals surface area contributed by atoms with Crippen LogP contribution in [0.3, 0.4) is 0 Å². The molecule has 2 aromatic carbocycles. The number of carbonyl (C=O) groups excluding carboxylic acids is 1. The van der Waals surface area contributed by atoms with E-state index >= 15 is 0 Å². The van der Waals surface area contributed by atoms with Crippen LogP contribution in [0.25, 0.3) is 11.1 Å². The van der Waals surface area contributed by atoms with Gasteiger partial charge in [-0.05, 0) is 25.0 Å². The molecule has 0 bridgehead atoms. The van der Waals surface area contributed by atoms with E-state index in [-0.39, 0.29) is 5.92 Å². The minimum atomic E-state index is -1.07. The third-order valence-electron chi connectivity index (χ3n) is 4.62. The number of aromatic nitrogens is 1. The summed E-state index contributed by atoms with van der Waals surface area (Å²) >= 11 is 0. The number of halogens is 2. The van der Waals surface area contributed by atoms with Crippen LogP contribution in [0.2, 0.25) is 0 Å². The summed E-state index contributed by atoms with van der Waals surface area (Å²) in [5.74, 6) is -2.95. The minimum Gasteiger partial charge on any atom is -0.507 e. The van der Waals surface area contributed by atoms with Crippen LogP contribution < -0.4 is 0 Å². The van der Waals surface area contributed by atoms with E-state index in [0.29, 0.717) is 37.1 Å². The first kappa shape index (κ1) is 16.5. The maximum absolute atomic E-state index is 14.0. The van der Waals surface area contributed by atoms with Crippen molar-refractivity contribution >= 4 is 17.0 Å². The monoisotopic (exact) mass is 358 g/mol. The molecule has 1 aliphatic rings. The van der Waals surface area contributed by atoms with Crippen molar-refractivity contribution in [2.45, 2.75) is 18.8 Å². The van der Waals surface area contributed by atoms with Crippen LogP contribution in [-0.4, -0.2) is 34.0 Å². The third-order valence-corrected chi connectivity index (χ3v) is 4.62. The Balaban J connectivity index is 1.59. The Morgan fingerprint density at radius 3 is 2.85 bits per heavy atom. The Kier molecular flexibility index (Phi) is 4.06. The number of hydrogen-bond donors (Lipinski definition) is 1. The number of amides is 1. The third kappa shape index (κ3) is 2.89. The quantitative estimate of drug-likeness (QED) is 0.756. The maximum Gasteiger partial charge on any atom is 0.260 e. The van der Waals surface area contributed by atoms with Crippen LogP contribution in [0.15, 0.2) is 40.8 Å². The molecule has 1 unspecified atom stereocenters. The van der Waals surface area contributed by atoms with Crippen LogP contribution in [0.4, 0.5) is 8.78 Å². The molecular formula is C19H16F2N2O3. The molecule has 7 heteroatoms. The second-order valence-electron chi connectivity index (χ2n) is 6.39. The van der Waals surface area contributed by atoms with E-state index in [1.165, 1.54) is 4.90 Å². The van der Waals surface area contributed by atoms with Crippen molar-refractivity contribution in [3.05, 3.63) is 59.5 Å². The molecule has 1 aromatic heterocycles. The van der Waals surface area contributed by atoms with E-state index in [4.69, 9.17) is 4.42 Å². The number of rotatable bonds is 2. The van der Waals surface area contributed by atoms with E-state index in [2.05, 4.69) is 4.98 Å². The number of hydrogen-bond acceptors (Lipinski definition) is 4. The molecule has 134 valence electrons. The number of phenols is 1. The van der Waals surface area contributed by atoms with E-state index in [1.54, 1.807) is 0 Å². The van der Waals surface area contributed by atoms with Crippen molar-refractivity contribution in [3.63, 3.8) is 0 Å². The highest BCUT2D eigenvalue weighted by atomic mass is 19.1. The summed E-state index contributed by atoms with van der Waals surface area (Å²) in [6.07, 6.45) is 1.48. The summed E-state index contributed by atoms with van der Waals surface area (Å²) in [7, 11) is 0. The summed E-state index contributed by atoms with van der Waals surface area (Å²) < 4.78 is 32.9. The normalized spacial score (nSPS) is 17.6. The van der Waals surface area contributed by atoms with Gasteiger partial charge in [-0.3, -0.25) is 4.79 Å². The van der Waals surface area contributed by atoms with Crippen molar-refractivity contribution in [2.75, 3.05) is 13.1 Å². The molecule has 3 aromatic rings. The van der Waals surface area contributed by atoms with Gasteiger partial charge in [0.2, 0.25) is 0 Å². The Morgan fingerprint density at radius 2 is 2.08 bits per heavy atom. The number of benzene rings is 2. The van der Waals surface area contributed by atoms with E-state index in [0.717, 1.165) is 18.0 Å². The van der Waals surface area contributed by atoms with Gasteiger partial charge in [-0.2, -0.15) is 0 Å². The molecule has 0 spiro atoms. The van der Waals surface area contributed by atoms with Gasteiger partial charge in [0.15, 0.2) is 11.5 Å². The lowest BCUT2D eigenvalue weighted by atomic mass is 9.97. The second kappa shape index (κ2) is 6.40. The topological polar surface area (TPSA) is 66.6 Å². The standard InChI is InChI=1S/C19H16F2N2O3/c20-12-8-13(21)17(15(24)9-12)19(25)23-7-3-4-11(10-23)18-22-14-5-1-2-6-16(14)26-18/h1-2,5-6,8-9,11,24H,3-4,7,10H2. The molecule has 1 atom stereocenters. The molecule has 1 saturated heterocycles. The largest absolute Gasteiger partial charge is 0.507 e. The maximum atomic E-state index is 14.0. The van der Waals surface area contributed by atoms with Gasteiger partial charge in [-0.1, -0.05) is 12.1 Å². The van der Waals surface area contributed by atoms with E-state index in [9.17, 15) is 18.7 Å². The van der Waals surface area contributed by atoms with Gasteiger partial charge in [0.1, 0.15) is 28.5 Å². The average Bonchev–Trinajstić information content (AvgIpc) is 3.05. The SMILES string of the molecule is O=C(c1c(O)cc(F)cc1F)N1CCCC(c2nc3ccccc3o2)C1. The number of phenolic OH excluding ortho intramolecular Hbond substituents is 1. The van der Waals surface area contributed by atoms with Crippen LogP contribution >= 0.6 is 0 Å². The van der Waals surface area contributed by atoms with Crippen molar-refractivity contribution in [1.82, 2.24) is 9.88 Å². The average molecular weight is 358 g/mol. The molecule has 1 fully saturated rings. The van der Waals surface area contributed by atoms with Gasteiger partial charge in [-0.25, -0.2) is 13.8 Å². The zero-order chi connectivity index (χ0) is 18.3. The molecule has 0 aliphatic carbocycles. The second-order valence-corrected chi connectivity index (χ2v) is 6.39. The smallest absolute Gasteiger partial charge is 0.260 e. The Labute approximate surface area is 147 Å². The zero-order valence-electron chi connectivity index (χ0n) is 13.8. The van der Waals surface area contributed by atoms with Crippen LogP contribution in [-0.2, 0) is 0 Å². The first-order valence-corrected chi connectivity index (χ1v) is 8.35. The van der Waals surface area contributed by atoms with Gasteiger partial charge in [0, 0.05) is 25.2 Å². The van der Waals surface area contributed by atoms with Gasteiger partial charge in [0.25, 0.3) is 5.91 Å². The molecule has 2 heterocycles. The number of aromatic hydroxyl groups is 1. The predicted octanol–water partition coefficient (Wildman–Crippen LogP) is 3.83. The van der Waals surface area contributed by atoms with Crippen molar-refractivity contribution in [2.24, 2.45) is 0 Å². The number of carbonyl (C=O) groups is 1. The number of nitrogens with zero attached hydrogens (tertiary/aromatic N) is 2. The highest BCUT2D eigenvalue weighted by Gasteiger charge is 2.31. The fourth-order valence-electron chi connectivity index (χ4n) is 3.36. The Hall–Kier alpha value is -2.96. The predicted molar refractivity (Wildman–Crippen MR) is 89.9 cm³/mol. The van der Waals surface area contributed by atoms with Crippen molar-refractivity contribution in [3.8, 4) is 5.75 Å². The van der Waals surface area contributed by atoms with Crippen LogP contribution in [0, 0.1) is 11.6 Å². The zero-order valence-corrected chi connectivity index (χ0v) is 13.8. The highest BCUT2D eigenvalue weighted by Crippen LogP contribution is 2.31. The van der Waals surface area contributed by atoms with E-state index < -0.39 is 28.9 Å². The Morgan fingerprint density at radius 1 is 1.27 bits per heavy atom. The molecule has 4 rings (SSSR count). The molecule has 1 aliphatic heterocycles. The molecule has 0 radical (unpaired) electrons. The minimum absolute atomic E-state index is 0.120. The number of piperidine rings is 1. The fourth-order valence-corrected chi connectivity index (χ4v) is 3.36. The van der Waals surface area contributed by atoms with E-state index in [1.807, 2.05) is 24.3 Å². The fraction of sp³-hybridized carbons (Fsp3) is 0.263. The summed E-state index contributed by atoms with van der Waals surface area (Å²) in [6.45, 7) is 0.716. The van der Waals surface area contributed by atoms with Crippen LogP contribution in [0.5, 0.6) is 5.75 Å². The first-order chi connectivity index (χ1) is 12.5. The van der Waals surface area contributed by atoms with Gasteiger partial charge < -0.3 is 14.4 Å². The number of para-hydroxylation sites is 2. The molecular weight excluding hydrogens is 342 g/mol. The molecule has 5 nitrogen and oxygen atoms in total. The first-order valence-electron chi connectivity index (χ1n) is 8.35. The van der Waals surface area contributed by atoms with Gasteiger partial charge in [-0.15, -0.1) is 0 Å². The number of fused-ring (bicyclic) bond motifs is 1. The number of oxazole rings is 1. The number of likely N-dealkylation sites (tertiary alicyclic amines) is 1. The lowest BCUT2D eigenvalue weighted by Crippen LogP contribution is -2.39. The Bertz CT molecular complexity index is 930. The van der Waals surface area contributed by atoms with Crippen molar-refractivity contribution < 1.29 is 23.1 Å². The molecule has 1 amide bonds. The van der Waals surface area contributed by atoms with Crippen molar-refractivity contribution in [1.29, 1.82) is 0 Å². The summed E-state index contributed by atoms with van der Waals surface area (Å²) in [5.41, 5.74) is 0.908. The van der Waals surface area contributed by atoms with Gasteiger partial charge >= 0.3 is 0 Å². The summed E-state index contributed by atoms with van der Waals surface area (Å²) in [5, 5.41) is 9.79. The summed E-state index contributed by atoms with van der Waals surface area (Å²) in [4.78, 5) is 18.6. The molecule has 1 N–H and O–H groups in total. The molecule has 0 saturated carbocycles. The summed E-state index contributed by atoms with van der Waals surface area (Å²) in [6, 6.07) is 8.72. The van der Waals surface area contributed by atoms with Gasteiger partial charge in [0.05, 0.1) is 5.92 Å². The van der Waals surface area contributed by atoms with Crippen LogP contribution in [0.1, 0.15) is 35.0 Å². The lowest BCUT2D eigenvalue weighted by Gasteiger charge is -2.31.